The summed E-state index contributed by atoms with van der Waals surface area (Å²) in [6, 6.07) is 0. The Hall–Kier alpha value is -2.94. The van der Waals surface area contributed by atoms with Crippen LogP contribution in [0.2, 0.25) is 0 Å². The molecule has 1 aliphatic rings. The van der Waals surface area contributed by atoms with E-state index < -0.39 is 102 Å². The summed E-state index contributed by atoms with van der Waals surface area (Å²) in [6.07, 6.45) is 16.2. The van der Waals surface area contributed by atoms with Gasteiger partial charge in [-0.25, -0.2) is 9.13 Å². The first-order valence-electron chi connectivity index (χ1n) is 22.5. The van der Waals surface area contributed by atoms with Gasteiger partial charge in [-0.15, -0.1) is 0 Å². The SMILES string of the molecule is CC/C=C\C[C@@H](O)/C=C/C=C/C=C\C=C/[C@H](O)[C@@H](O)CCCC(=O)OC[C@H](COP(=O)(O)O[C@H]1C(O)C(O)C(O)[C@@H](OP(=O)(O)O)C1O)OC(=O)CCCCCCC/C=C\C/C=C\CCC. The number of unbranched alkanes of at least 4 members (excludes halogenated alkanes) is 6. The Bertz CT molecular complexity index is 1660. The Balaban J connectivity index is 2.77. The molecule has 21 heteroatoms. The Morgan fingerprint density at radius 2 is 1.21 bits per heavy atom. The predicted octanol–water partition coefficient (Wildman–Crippen LogP) is 4.75. The maximum atomic E-state index is 13.0. The number of phosphoric ester groups is 2. The number of carbonyl (C=O) groups is 2. The molecule has 11 atom stereocenters. The number of esters is 2. The molecule has 66 heavy (non-hydrogen) atoms. The highest BCUT2D eigenvalue weighted by Gasteiger charge is 2.54. The molecule has 5 unspecified atom stereocenters. The minimum atomic E-state index is -5.41. The van der Waals surface area contributed by atoms with Crippen molar-refractivity contribution in [1.29, 1.82) is 0 Å². The number of hydrogen-bond acceptors (Lipinski definition) is 16. The van der Waals surface area contributed by atoms with E-state index in [-0.39, 0.29) is 25.7 Å². The molecule has 1 saturated carbocycles. The zero-order valence-electron chi connectivity index (χ0n) is 37.9. The normalized spacial score (nSPS) is 23.8. The molecule has 378 valence electrons. The quantitative estimate of drug-likeness (QED) is 0.0135. The van der Waals surface area contributed by atoms with Crippen molar-refractivity contribution in [2.24, 2.45) is 0 Å². The summed E-state index contributed by atoms with van der Waals surface area (Å²) in [6.45, 7) is 2.51. The Morgan fingerprint density at radius 1 is 0.621 bits per heavy atom. The lowest BCUT2D eigenvalue weighted by atomic mass is 9.85. The summed E-state index contributed by atoms with van der Waals surface area (Å²) in [5.41, 5.74) is 0. The number of phosphoric acid groups is 2. The molecule has 0 saturated heterocycles. The van der Waals surface area contributed by atoms with Crippen molar-refractivity contribution in [2.45, 2.75) is 171 Å². The van der Waals surface area contributed by atoms with E-state index >= 15 is 0 Å². The van der Waals surface area contributed by atoms with E-state index in [1.807, 2.05) is 19.1 Å². The van der Waals surface area contributed by atoms with Gasteiger partial charge in [0.25, 0.3) is 0 Å². The lowest BCUT2D eigenvalue weighted by molar-refractivity contribution is -0.216. The summed E-state index contributed by atoms with van der Waals surface area (Å²) in [4.78, 5) is 54.2. The van der Waals surface area contributed by atoms with E-state index in [0.717, 1.165) is 51.4 Å². The molecule has 1 fully saturated rings. The number of aliphatic hydroxyl groups excluding tert-OH is 7. The van der Waals surface area contributed by atoms with E-state index in [1.54, 1.807) is 36.5 Å². The Kier molecular flexibility index (Phi) is 32.6. The molecule has 0 aromatic rings. The largest absolute Gasteiger partial charge is 0.472 e. The fourth-order valence-corrected chi connectivity index (χ4v) is 7.71. The maximum Gasteiger partial charge on any atom is 0.472 e. The number of carbonyl (C=O) groups excluding carboxylic acids is 2. The van der Waals surface area contributed by atoms with E-state index in [1.165, 1.54) is 12.2 Å². The van der Waals surface area contributed by atoms with Gasteiger partial charge in [0, 0.05) is 12.8 Å². The molecule has 0 aliphatic heterocycles. The van der Waals surface area contributed by atoms with Crippen molar-refractivity contribution in [1.82, 2.24) is 0 Å². The number of allylic oxidation sites excluding steroid dienone is 11. The maximum absolute atomic E-state index is 13.0. The van der Waals surface area contributed by atoms with Crippen LogP contribution in [-0.2, 0) is 41.8 Å². The van der Waals surface area contributed by atoms with Gasteiger partial charge in [-0.3, -0.25) is 23.2 Å². The second kappa shape index (κ2) is 35.2. The zero-order valence-corrected chi connectivity index (χ0v) is 39.7. The molecule has 0 bridgehead atoms. The van der Waals surface area contributed by atoms with E-state index in [9.17, 15) is 59.4 Å². The minimum Gasteiger partial charge on any atom is -0.462 e. The van der Waals surface area contributed by atoms with E-state index in [0.29, 0.717) is 19.3 Å². The van der Waals surface area contributed by atoms with Gasteiger partial charge in [0.1, 0.15) is 43.2 Å². The summed E-state index contributed by atoms with van der Waals surface area (Å²) in [5, 5.41) is 71.7. The molecule has 0 spiro atoms. The number of hydrogen-bond donors (Lipinski definition) is 10. The first kappa shape index (κ1) is 61.1. The lowest BCUT2D eigenvalue weighted by Crippen LogP contribution is -2.64. The van der Waals surface area contributed by atoms with Crippen LogP contribution in [0.4, 0.5) is 0 Å². The molecule has 0 aromatic heterocycles. The topological polar surface area (TPSA) is 317 Å². The van der Waals surface area contributed by atoms with Crippen LogP contribution in [0, 0.1) is 0 Å². The first-order valence-corrected chi connectivity index (χ1v) is 25.5. The van der Waals surface area contributed by atoms with Crippen molar-refractivity contribution < 1.29 is 92.2 Å². The first-order chi connectivity index (χ1) is 31.3. The van der Waals surface area contributed by atoms with Crippen molar-refractivity contribution in [3.63, 3.8) is 0 Å². The smallest absolute Gasteiger partial charge is 0.462 e. The third-order valence-electron chi connectivity index (χ3n) is 9.78. The standard InChI is InChI=1S/C45H74O19P2/c1-3-5-7-8-9-10-11-12-13-14-15-20-24-30-39(50)62-35(33-61-66(58,59)64-45-42(53)40(51)41(52)44(43(45)54)63-65(55,56)57)32-60-38(49)31-25-29-37(48)36(47)28-23-19-17-16-18-22-27-34(46)26-21-6-4-2/h6-8,10-11,16-19,21-23,27-28,34-37,40-48,51-54H,3-5,9,12-15,20,24-26,29-33H2,1-2H3,(H,58,59)(H2,55,56,57)/b8-7-,11-10-,18-16+,19-17-,21-6-,27-22+,28-23-/t34-,35-,36+,37+,40?,41?,42?,43?,44-,45+/m1/s1. The molecular weight excluding hydrogens is 906 g/mol. The lowest BCUT2D eigenvalue weighted by Gasteiger charge is -2.43. The van der Waals surface area contributed by atoms with Gasteiger partial charge in [0.05, 0.1) is 24.9 Å². The van der Waals surface area contributed by atoms with E-state index in [2.05, 4.69) is 35.8 Å². The van der Waals surface area contributed by atoms with Crippen LogP contribution in [-0.4, -0.2) is 137 Å². The summed E-state index contributed by atoms with van der Waals surface area (Å²) in [5.74, 6) is -1.57. The second-order valence-corrected chi connectivity index (χ2v) is 18.2. The third kappa shape index (κ3) is 29.1. The van der Waals surface area contributed by atoms with Crippen LogP contribution in [0.1, 0.15) is 110 Å². The highest BCUT2D eigenvalue weighted by atomic mass is 31.2. The van der Waals surface area contributed by atoms with Crippen molar-refractivity contribution in [2.75, 3.05) is 13.2 Å². The minimum absolute atomic E-state index is 0.00454. The molecule has 0 radical (unpaired) electrons. The van der Waals surface area contributed by atoms with E-state index in [4.69, 9.17) is 28.3 Å². The number of aliphatic hydroxyl groups is 7. The highest BCUT2D eigenvalue weighted by molar-refractivity contribution is 7.47. The number of rotatable bonds is 35. The Labute approximate surface area is 388 Å². The van der Waals surface area contributed by atoms with Crippen LogP contribution in [0.15, 0.2) is 85.1 Å². The fourth-order valence-electron chi connectivity index (χ4n) is 6.17. The van der Waals surface area contributed by atoms with Gasteiger partial charge in [-0.1, -0.05) is 125 Å². The molecule has 10 N–H and O–H groups in total. The zero-order chi connectivity index (χ0) is 49.4. The summed E-state index contributed by atoms with van der Waals surface area (Å²) >= 11 is 0. The molecule has 1 aliphatic carbocycles. The number of ether oxygens (including phenoxy) is 2. The van der Waals surface area contributed by atoms with Gasteiger partial charge >= 0.3 is 27.6 Å². The van der Waals surface area contributed by atoms with Gasteiger partial charge < -0.3 is 59.9 Å². The molecule has 19 nitrogen and oxygen atoms in total. The van der Waals surface area contributed by atoms with Crippen LogP contribution in [0.25, 0.3) is 0 Å². The highest BCUT2D eigenvalue weighted by Crippen LogP contribution is 2.49. The second-order valence-electron chi connectivity index (χ2n) is 15.6. The van der Waals surface area contributed by atoms with Crippen LogP contribution in [0.3, 0.4) is 0 Å². The Morgan fingerprint density at radius 3 is 1.86 bits per heavy atom. The average Bonchev–Trinajstić information content (AvgIpc) is 3.26. The van der Waals surface area contributed by atoms with Crippen molar-refractivity contribution in [3.05, 3.63) is 85.1 Å². The fraction of sp³-hybridized carbons (Fsp3) is 0.644. The van der Waals surface area contributed by atoms with Crippen LogP contribution < -0.4 is 0 Å². The third-order valence-corrected chi connectivity index (χ3v) is 11.3. The van der Waals surface area contributed by atoms with Gasteiger partial charge in [-0.05, 0) is 57.8 Å². The molecule has 0 heterocycles. The van der Waals surface area contributed by atoms with Crippen molar-refractivity contribution in [3.8, 4) is 0 Å². The van der Waals surface area contributed by atoms with Crippen molar-refractivity contribution >= 4 is 27.6 Å². The summed E-state index contributed by atoms with van der Waals surface area (Å²) < 4.78 is 49.0. The monoisotopic (exact) mass is 980 g/mol. The van der Waals surface area contributed by atoms with Crippen LogP contribution in [0.5, 0.6) is 0 Å². The molecule has 1 rings (SSSR count). The average molecular weight is 981 g/mol. The van der Waals surface area contributed by atoms with Gasteiger partial charge in [0.15, 0.2) is 6.10 Å². The van der Waals surface area contributed by atoms with Gasteiger partial charge in [0.2, 0.25) is 0 Å². The van der Waals surface area contributed by atoms with Crippen LogP contribution >= 0.6 is 15.6 Å². The molecule has 0 amide bonds. The molecular formula is C45H74O19P2. The predicted molar refractivity (Wildman–Crippen MR) is 245 cm³/mol. The van der Waals surface area contributed by atoms with Gasteiger partial charge in [-0.2, -0.15) is 0 Å². The summed E-state index contributed by atoms with van der Waals surface area (Å²) in [7, 11) is -10.8. The molecule has 0 aromatic carbocycles.